The van der Waals surface area contributed by atoms with Gasteiger partial charge in [0, 0.05) is 31.5 Å². The predicted molar refractivity (Wildman–Crippen MR) is 113 cm³/mol. The number of carbonyl (C=O) groups is 2. The molecule has 1 aliphatic rings. The summed E-state index contributed by atoms with van der Waals surface area (Å²) in [4.78, 5) is 27.1. The van der Waals surface area contributed by atoms with Crippen LogP contribution in [0, 0.1) is 11.8 Å². The molecular weight excluding hydrogens is 334 g/mol. The fourth-order valence-corrected chi connectivity index (χ4v) is 4.18. The molecule has 27 heavy (non-hydrogen) atoms. The van der Waals surface area contributed by atoms with Crippen molar-refractivity contribution in [2.45, 2.75) is 85.5 Å². The van der Waals surface area contributed by atoms with Crippen molar-refractivity contribution in [2.24, 2.45) is 11.8 Å². The maximum absolute atomic E-state index is 12.9. The number of carbonyl (C=O) groups excluding carboxylic acids is 2. The standard InChI is InChI=1S/C24H37NO2/c1-5-8-19(9-6-2)17-24(27)25-13-12-21-15-20(10-11-23(21)25)16-22(26)14-18(4)7-3/h10-11,15,18-19H,5-9,12-14,16-17H2,1-4H3. The first kappa shape index (κ1) is 21.7. The number of amides is 1. The minimum atomic E-state index is 0.265. The normalized spacial score (nSPS) is 14.5. The van der Waals surface area contributed by atoms with E-state index in [1.165, 1.54) is 5.56 Å². The molecule has 2 rings (SSSR count). The van der Waals surface area contributed by atoms with E-state index in [9.17, 15) is 9.59 Å². The van der Waals surface area contributed by atoms with Crippen molar-refractivity contribution in [3.63, 3.8) is 0 Å². The van der Waals surface area contributed by atoms with Gasteiger partial charge in [0.1, 0.15) is 5.78 Å². The third-order valence-electron chi connectivity index (χ3n) is 5.87. The number of hydrogen-bond acceptors (Lipinski definition) is 2. The number of nitrogens with zero attached hydrogens (tertiary/aromatic N) is 1. The molecule has 0 N–H and O–H groups in total. The second-order valence-corrected chi connectivity index (χ2v) is 8.34. The molecule has 0 spiro atoms. The molecule has 1 heterocycles. The summed E-state index contributed by atoms with van der Waals surface area (Å²) in [5, 5.41) is 0. The van der Waals surface area contributed by atoms with Gasteiger partial charge in [-0.2, -0.15) is 0 Å². The monoisotopic (exact) mass is 371 g/mol. The van der Waals surface area contributed by atoms with E-state index in [1.54, 1.807) is 0 Å². The summed E-state index contributed by atoms with van der Waals surface area (Å²) in [6.07, 6.45) is 8.34. The van der Waals surface area contributed by atoms with Crippen LogP contribution >= 0.6 is 0 Å². The average Bonchev–Trinajstić information content (AvgIpc) is 3.05. The highest BCUT2D eigenvalue weighted by atomic mass is 16.2. The molecule has 0 saturated carbocycles. The fraction of sp³-hybridized carbons (Fsp3) is 0.667. The van der Waals surface area contributed by atoms with Crippen molar-refractivity contribution in [1.82, 2.24) is 0 Å². The van der Waals surface area contributed by atoms with Crippen LogP contribution in [-0.2, 0) is 22.4 Å². The zero-order valence-corrected chi connectivity index (χ0v) is 17.7. The Balaban J connectivity index is 2.00. The maximum Gasteiger partial charge on any atom is 0.227 e. The molecule has 1 aromatic rings. The molecule has 3 nitrogen and oxygen atoms in total. The lowest BCUT2D eigenvalue weighted by Gasteiger charge is -2.21. The summed E-state index contributed by atoms with van der Waals surface area (Å²) in [5.41, 5.74) is 3.37. The molecule has 1 amide bonds. The molecular formula is C24H37NO2. The first-order chi connectivity index (χ1) is 13.0. The van der Waals surface area contributed by atoms with Crippen molar-refractivity contribution in [1.29, 1.82) is 0 Å². The summed E-state index contributed by atoms with van der Waals surface area (Å²) in [6, 6.07) is 6.24. The van der Waals surface area contributed by atoms with Crippen LogP contribution in [0.25, 0.3) is 0 Å². The van der Waals surface area contributed by atoms with E-state index in [1.807, 2.05) is 11.0 Å². The van der Waals surface area contributed by atoms with Crippen LogP contribution < -0.4 is 4.90 Å². The molecule has 0 aliphatic carbocycles. The highest BCUT2D eigenvalue weighted by Gasteiger charge is 2.26. The largest absolute Gasteiger partial charge is 0.312 e. The average molecular weight is 372 g/mol. The van der Waals surface area contributed by atoms with Gasteiger partial charge in [0.15, 0.2) is 0 Å². The fourth-order valence-electron chi connectivity index (χ4n) is 4.18. The number of rotatable bonds is 11. The lowest BCUT2D eigenvalue weighted by atomic mass is 9.94. The lowest BCUT2D eigenvalue weighted by Crippen LogP contribution is -2.30. The van der Waals surface area contributed by atoms with Crippen LogP contribution in [0.2, 0.25) is 0 Å². The zero-order chi connectivity index (χ0) is 19.8. The maximum atomic E-state index is 12.9. The Hall–Kier alpha value is -1.64. The minimum Gasteiger partial charge on any atom is -0.312 e. The van der Waals surface area contributed by atoms with Crippen LogP contribution in [0.15, 0.2) is 18.2 Å². The molecule has 0 fully saturated rings. The number of hydrogen-bond donors (Lipinski definition) is 0. The van der Waals surface area contributed by atoms with Crippen LogP contribution in [0.3, 0.4) is 0 Å². The summed E-state index contributed by atoms with van der Waals surface area (Å²) >= 11 is 0. The molecule has 0 aromatic heterocycles. The van der Waals surface area contributed by atoms with Gasteiger partial charge in [-0.05, 0) is 35.4 Å². The highest BCUT2D eigenvalue weighted by Crippen LogP contribution is 2.31. The molecule has 1 aromatic carbocycles. The summed E-state index contributed by atoms with van der Waals surface area (Å²) in [7, 11) is 0. The van der Waals surface area contributed by atoms with Crippen molar-refractivity contribution in [2.75, 3.05) is 11.4 Å². The first-order valence-electron chi connectivity index (χ1n) is 10.9. The van der Waals surface area contributed by atoms with Gasteiger partial charge in [0.05, 0.1) is 0 Å². The molecule has 1 unspecified atom stereocenters. The quantitative estimate of drug-likeness (QED) is 0.498. The van der Waals surface area contributed by atoms with E-state index in [4.69, 9.17) is 0 Å². The molecule has 0 radical (unpaired) electrons. The Morgan fingerprint density at radius 1 is 1.07 bits per heavy atom. The molecule has 3 heteroatoms. The summed E-state index contributed by atoms with van der Waals surface area (Å²) < 4.78 is 0. The molecule has 150 valence electrons. The van der Waals surface area contributed by atoms with E-state index >= 15 is 0 Å². The van der Waals surface area contributed by atoms with Crippen LogP contribution in [-0.4, -0.2) is 18.2 Å². The highest BCUT2D eigenvalue weighted by molar-refractivity contribution is 5.95. The van der Waals surface area contributed by atoms with E-state index < -0.39 is 0 Å². The Morgan fingerprint density at radius 2 is 1.78 bits per heavy atom. The van der Waals surface area contributed by atoms with Gasteiger partial charge in [-0.1, -0.05) is 71.9 Å². The Morgan fingerprint density at radius 3 is 2.41 bits per heavy atom. The van der Waals surface area contributed by atoms with E-state index in [-0.39, 0.29) is 5.91 Å². The number of benzene rings is 1. The first-order valence-corrected chi connectivity index (χ1v) is 10.9. The second-order valence-electron chi connectivity index (χ2n) is 8.34. The van der Waals surface area contributed by atoms with Gasteiger partial charge >= 0.3 is 0 Å². The van der Waals surface area contributed by atoms with E-state index in [2.05, 4.69) is 39.8 Å². The molecule has 0 saturated heterocycles. The van der Waals surface area contributed by atoms with E-state index in [0.717, 1.165) is 56.3 Å². The predicted octanol–water partition coefficient (Wildman–Crippen LogP) is 5.73. The lowest BCUT2D eigenvalue weighted by molar-refractivity contribution is -0.120. The van der Waals surface area contributed by atoms with Crippen LogP contribution in [0.4, 0.5) is 5.69 Å². The smallest absolute Gasteiger partial charge is 0.227 e. The van der Waals surface area contributed by atoms with Crippen molar-refractivity contribution in [3.8, 4) is 0 Å². The number of ketones is 1. The third-order valence-corrected chi connectivity index (χ3v) is 5.87. The Kier molecular flexibility index (Phi) is 8.53. The summed E-state index contributed by atoms with van der Waals surface area (Å²) in [6.45, 7) is 9.44. The van der Waals surface area contributed by atoms with Crippen molar-refractivity contribution < 1.29 is 9.59 Å². The van der Waals surface area contributed by atoms with Gasteiger partial charge < -0.3 is 4.90 Å². The van der Waals surface area contributed by atoms with Gasteiger partial charge in [0.2, 0.25) is 5.91 Å². The third kappa shape index (κ3) is 6.19. The number of Topliss-reactive ketones (excluding diaryl/α,β-unsaturated/α-hetero) is 1. The topological polar surface area (TPSA) is 37.4 Å². The minimum absolute atomic E-state index is 0.265. The van der Waals surface area contributed by atoms with Crippen molar-refractivity contribution in [3.05, 3.63) is 29.3 Å². The van der Waals surface area contributed by atoms with Crippen LogP contribution in [0.1, 0.15) is 83.8 Å². The van der Waals surface area contributed by atoms with Gasteiger partial charge in [-0.15, -0.1) is 0 Å². The van der Waals surface area contributed by atoms with Crippen molar-refractivity contribution >= 4 is 17.4 Å². The molecule has 1 aliphatic heterocycles. The number of fused-ring (bicyclic) bond motifs is 1. The van der Waals surface area contributed by atoms with Gasteiger partial charge in [-0.3, -0.25) is 9.59 Å². The number of anilines is 1. The van der Waals surface area contributed by atoms with Crippen LogP contribution in [0.5, 0.6) is 0 Å². The van der Waals surface area contributed by atoms with Gasteiger partial charge in [0.25, 0.3) is 0 Å². The second kappa shape index (κ2) is 10.6. The summed E-state index contributed by atoms with van der Waals surface area (Å²) in [5.74, 6) is 1.55. The van der Waals surface area contributed by atoms with Gasteiger partial charge in [-0.25, -0.2) is 0 Å². The SMILES string of the molecule is CCCC(CCC)CC(=O)N1CCc2cc(CC(=O)CC(C)CC)ccc21. The molecule has 1 atom stereocenters. The van der Waals surface area contributed by atoms with E-state index in [0.29, 0.717) is 36.9 Å². The zero-order valence-electron chi connectivity index (χ0n) is 17.7. The Bertz CT molecular complexity index is 631. The molecule has 0 bridgehead atoms. The Labute approximate surface area is 165 Å².